The molecule has 0 radical (unpaired) electrons. The fourth-order valence-corrected chi connectivity index (χ4v) is 0.728. The topological polar surface area (TPSA) is 29.5 Å². The molecule has 0 aliphatic carbocycles. The monoisotopic (exact) mass is 177 g/mol. The Balaban J connectivity index is 3.36. The smallest absolute Gasteiger partial charge is 0.306 e. The molecule has 0 rings (SSSR count). The number of methoxy groups -OCH3 is 1. The maximum absolute atomic E-state index is 10.6. The summed E-state index contributed by atoms with van der Waals surface area (Å²) in [5.74, 6) is -0.250. The third-order valence-corrected chi connectivity index (χ3v) is 1.42. The fourth-order valence-electron chi connectivity index (χ4n) is 0.546. The van der Waals surface area contributed by atoms with Crippen LogP contribution in [0.5, 0.6) is 0 Å². The van der Waals surface area contributed by atoms with Crippen LogP contribution in [0.4, 0.5) is 0 Å². The predicted octanol–water partition coefficient (Wildman–Crippen LogP) is 1.19. The molecule has 0 aromatic carbocycles. The second kappa shape index (κ2) is 6.19. The Morgan fingerprint density at radius 1 is 1.82 bits per heavy atom. The van der Waals surface area contributed by atoms with Crippen LogP contribution in [0.3, 0.4) is 0 Å². The summed E-state index contributed by atoms with van der Waals surface area (Å²) in [6.45, 7) is 4.56. The summed E-state index contributed by atoms with van der Waals surface area (Å²) in [6, 6.07) is 0. The minimum Gasteiger partial charge on any atom is -0.469 e. The van der Waals surface area contributed by atoms with Gasteiger partial charge in [-0.25, -0.2) is 4.42 Å². The molecule has 3 nitrogen and oxygen atoms in total. The van der Waals surface area contributed by atoms with Gasteiger partial charge in [0.15, 0.2) is 0 Å². The van der Waals surface area contributed by atoms with Crippen molar-refractivity contribution in [1.29, 1.82) is 0 Å². The lowest BCUT2D eigenvalue weighted by Crippen LogP contribution is -2.17. The third kappa shape index (κ3) is 5.88. The van der Waals surface area contributed by atoms with Crippen molar-refractivity contribution in [3.63, 3.8) is 0 Å². The van der Waals surface area contributed by atoms with E-state index in [9.17, 15) is 4.79 Å². The van der Waals surface area contributed by atoms with Crippen LogP contribution in [0.2, 0.25) is 0 Å². The number of hydrogen-bond donors (Lipinski definition) is 0. The average Bonchev–Trinajstić information content (AvgIpc) is 2.01. The molecule has 0 bridgehead atoms. The number of hydrogen-bond acceptors (Lipinski definition) is 3. The number of nitrogens with zero attached hydrogens (tertiary/aromatic N) is 1. The Morgan fingerprint density at radius 3 is 2.91 bits per heavy atom. The summed E-state index contributed by atoms with van der Waals surface area (Å²) < 4.78 is 5.90. The molecule has 0 N–H and O–H groups in total. The summed E-state index contributed by atoms with van der Waals surface area (Å²) in [4.78, 5) is 10.6. The van der Waals surface area contributed by atoms with Crippen molar-refractivity contribution in [3.05, 3.63) is 12.7 Å². The van der Waals surface area contributed by atoms with Gasteiger partial charge < -0.3 is 4.74 Å². The van der Waals surface area contributed by atoms with Crippen LogP contribution in [-0.2, 0) is 9.53 Å². The van der Waals surface area contributed by atoms with E-state index in [0.29, 0.717) is 19.5 Å². The lowest BCUT2D eigenvalue weighted by molar-refractivity contribution is -0.140. The number of carbonyl (C=O) groups is 1. The molecule has 0 fully saturated rings. The van der Waals surface area contributed by atoms with Crippen LogP contribution in [0.25, 0.3) is 0 Å². The summed E-state index contributed by atoms with van der Waals surface area (Å²) in [5, 5.41) is 0. The second-order valence-corrected chi connectivity index (χ2v) is 2.46. The molecule has 64 valence electrons. The minimum atomic E-state index is -0.250. The highest BCUT2D eigenvalue weighted by Crippen LogP contribution is 1.96. The summed E-state index contributed by atoms with van der Waals surface area (Å²) >= 11 is 5.64. The molecule has 0 heterocycles. The highest BCUT2D eigenvalue weighted by Gasteiger charge is 2.03. The Hall–Kier alpha value is -0.540. The van der Waals surface area contributed by atoms with E-state index in [2.05, 4.69) is 11.3 Å². The SMILES string of the molecule is C=CCN(Cl)CCC(=O)OC. The van der Waals surface area contributed by atoms with Gasteiger partial charge in [0.25, 0.3) is 0 Å². The summed E-state index contributed by atoms with van der Waals surface area (Å²) in [7, 11) is 1.36. The average molecular weight is 178 g/mol. The zero-order chi connectivity index (χ0) is 8.69. The van der Waals surface area contributed by atoms with Crippen LogP contribution >= 0.6 is 11.8 Å². The zero-order valence-corrected chi connectivity index (χ0v) is 7.30. The largest absolute Gasteiger partial charge is 0.469 e. The van der Waals surface area contributed by atoms with Crippen LogP contribution in [-0.4, -0.2) is 30.6 Å². The third-order valence-electron chi connectivity index (χ3n) is 1.11. The molecule has 0 spiro atoms. The molecule has 4 heteroatoms. The summed E-state index contributed by atoms with van der Waals surface area (Å²) in [6.07, 6.45) is 1.98. The first kappa shape index (κ1) is 10.5. The molecular formula is C7H12ClNO2. The van der Waals surface area contributed by atoms with E-state index in [-0.39, 0.29) is 5.97 Å². The Morgan fingerprint density at radius 2 is 2.45 bits per heavy atom. The predicted molar refractivity (Wildman–Crippen MR) is 44.3 cm³/mol. The van der Waals surface area contributed by atoms with E-state index >= 15 is 0 Å². The van der Waals surface area contributed by atoms with E-state index in [4.69, 9.17) is 11.8 Å². The van der Waals surface area contributed by atoms with Crippen LogP contribution < -0.4 is 0 Å². The molecular weight excluding hydrogens is 166 g/mol. The van der Waals surface area contributed by atoms with Gasteiger partial charge in [-0.1, -0.05) is 6.08 Å². The number of esters is 1. The molecule has 11 heavy (non-hydrogen) atoms. The van der Waals surface area contributed by atoms with Gasteiger partial charge in [0.2, 0.25) is 0 Å². The Labute approximate surface area is 71.7 Å². The van der Waals surface area contributed by atoms with E-state index in [1.807, 2.05) is 0 Å². The van der Waals surface area contributed by atoms with E-state index in [1.54, 1.807) is 6.08 Å². The van der Waals surface area contributed by atoms with Gasteiger partial charge >= 0.3 is 5.97 Å². The maximum Gasteiger partial charge on any atom is 0.306 e. The molecule has 0 unspecified atom stereocenters. The van der Waals surface area contributed by atoms with Gasteiger partial charge in [-0.2, -0.15) is 0 Å². The Bertz CT molecular complexity index is 138. The first-order valence-electron chi connectivity index (χ1n) is 3.29. The van der Waals surface area contributed by atoms with Gasteiger partial charge in [-0.3, -0.25) is 4.79 Å². The van der Waals surface area contributed by atoms with Crippen molar-refractivity contribution in [3.8, 4) is 0 Å². The van der Waals surface area contributed by atoms with Crippen molar-refractivity contribution < 1.29 is 9.53 Å². The normalized spacial score (nSPS) is 9.73. The molecule has 0 amide bonds. The van der Waals surface area contributed by atoms with Crippen molar-refractivity contribution in [2.24, 2.45) is 0 Å². The lowest BCUT2D eigenvalue weighted by Gasteiger charge is -2.08. The van der Waals surface area contributed by atoms with Gasteiger partial charge in [-0.15, -0.1) is 6.58 Å². The summed E-state index contributed by atoms with van der Waals surface area (Å²) in [5.41, 5.74) is 0. The van der Waals surface area contributed by atoms with Crippen LogP contribution in [0.15, 0.2) is 12.7 Å². The number of halogens is 1. The van der Waals surface area contributed by atoms with Gasteiger partial charge in [-0.05, 0) is 11.8 Å². The number of rotatable bonds is 5. The molecule has 0 aliphatic rings. The van der Waals surface area contributed by atoms with Gasteiger partial charge in [0.1, 0.15) is 0 Å². The van der Waals surface area contributed by atoms with Gasteiger partial charge in [0.05, 0.1) is 13.5 Å². The van der Waals surface area contributed by atoms with Crippen molar-refractivity contribution in [1.82, 2.24) is 4.42 Å². The number of carbonyl (C=O) groups excluding carboxylic acids is 1. The standard InChI is InChI=1S/C7H12ClNO2/c1-3-5-9(8)6-4-7(10)11-2/h3H,1,4-6H2,2H3. The van der Waals surface area contributed by atoms with Crippen LogP contribution in [0.1, 0.15) is 6.42 Å². The quantitative estimate of drug-likeness (QED) is 0.359. The molecule has 0 aliphatic heterocycles. The van der Waals surface area contributed by atoms with E-state index in [0.717, 1.165) is 0 Å². The highest BCUT2D eigenvalue weighted by atomic mass is 35.5. The number of ether oxygens (including phenoxy) is 1. The van der Waals surface area contributed by atoms with Crippen molar-refractivity contribution in [2.75, 3.05) is 20.2 Å². The molecule has 0 aromatic heterocycles. The van der Waals surface area contributed by atoms with Crippen LogP contribution in [0, 0.1) is 0 Å². The fraction of sp³-hybridized carbons (Fsp3) is 0.571. The lowest BCUT2D eigenvalue weighted by atomic mass is 10.4. The van der Waals surface area contributed by atoms with E-state index < -0.39 is 0 Å². The Kier molecular flexibility index (Phi) is 5.88. The first-order valence-corrected chi connectivity index (χ1v) is 3.63. The van der Waals surface area contributed by atoms with Gasteiger partial charge in [0, 0.05) is 13.1 Å². The zero-order valence-electron chi connectivity index (χ0n) is 6.55. The first-order chi connectivity index (χ1) is 5.20. The molecule has 0 aromatic rings. The molecule has 0 atom stereocenters. The molecule has 0 saturated heterocycles. The maximum atomic E-state index is 10.6. The highest BCUT2D eigenvalue weighted by molar-refractivity contribution is 6.13. The van der Waals surface area contributed by atoms with Crippen molar-refractivity contribution in [2.45, 2.75) is 6.42 Å². The minimum absolute atomic E-state index is 0.250. The second-order valence-electron chi connectivity index (χ2n) is 1.98. The van der Waals surface area contributed by atoms with Crippen molar-refractivity contribution >= 4 is 17.7 Å². The molecule has 0 saturated carbocycles. The van der Waals surface area contributed by atoms with E-state index in [1.165, 1.54) is 11.5 Å².